The third-order valence-electron chi connectivity index (χ3n) is 2.89. The van der Waals surface area contributed by atoms with E-state index in [1.165, 1.54) is 20.8 Å². The first-order chi connectivity index (χ1) is 11.1. The number of carbonyl (C=O) groups excluding carboxylic acids is 3. The molecule has 0 radical (unpaired) electrons. The molecule has 0 N–H and O–H groups in total. The zero-order valence-corrected chi connectivity index (χ0v) is 15.6. The van der Waals surface area contributed by atoms with E-state index >= 15 is 0 Å². The Bertz CT molecular complexity index is 614. The summed E-state index contributed by atoms with van der Waals surface area (Å²) in [6.45, 7) is 14.8. The Morgan fingerprint density at radius 3 is 1.50 bits per heavy atom. The molecule has 0 aromatic heterocycles. The Kier molecular flexibility index (Phi) is 6.69. The fourth-order valence-corrected chi connectivity index (χ4v) is 5.37. The van der Waals surface area contributed by atoms with Gasteiger partial charge in [0.25, 0.3) is 0 Å². The van der Waals surface area contributed by atoms with E-state index in [-0.39, 0.29) is 16.7 Å². The quantitative estimate of drug-likeness (QED) is 0.508. The summed E-state index contributed by atoms with van der Waals surface area (Å²) in [6.07, 6.45) is 5.43. The average Bonchev–Trinajstić information content (AvgIpc) is 3.01. The van der Waals surface area contributed by atoms with E-state index in [4.69, 9.17) is 9.96 Å². The third kappa shape index (κ3) is 4.91. The van der Waals surface area contributed by atoms with Crippen molar-refractivity contribution in [1.29, 1.82) is 0 Å². The van der Waals surface area contributed by atoms with Crippen LogP contribution in [0.1, 0.15) is 27.2 Å². The van der Waals surface area contributed by atoms with E-state index in [9.17, 15) is 14.4 Å². The summed E-state index contributed by atoms with van der Waals surface area (Å²) < 4.78 is 16.6. The van der Waals surface area contributed by atoms with Crippen molar-refractivity contribution >= 4 is 17.9 Å². The summed E-state index contributed by atoms with van der Waals surface area (Å²) in [4.78, 5) is 36.2. The van der Waals surface area contributed by atoms with Crippen LogP contribution >= 0.6 is 0 Å². The Labute approximate surface area is 145 Å². The van der Waals surface area contributed by atoms with Crippen LogP contribution in [0.3, 0.4) is 0 Å². The maximum absolute atomic E-state index is 12.1. The molecule has 1 aliphatic rings. The molecule has 0 heterocycles. The van der Waals surface area contributed by atoms with Crippen LogP contribution in [0.2, 0.25) is 0 Å². The fourth-order valence-electron chi connectivity index (χ4n) is 1.56. The number of carbonyl (C=O) groups is 3. The van der Waals surface area contributed by atoms with Gasteiger partial charge in [-0.25, -0.2) is 0 Å². The average molecular weight is 368 g/mol. The molecular weight excluding hydrogens is 348 g/mol. The standard InChI is InChI=1S/C5H5.3C4H6O2.Ti/c1-2-4-5-3-1;3*1-3(2)4(5)6;/h1-3H,4H2;3*1H2,2H3,(H,5,6);/q;;;;+3/p-3. The van der Waals surface area contributed by atoms with Gasteiger partial charge in [0.2, 0.25) is 0 Å². The van der Waals surface area contributed by atoms with Crippen LogP contribution in [0.25, 0.3) is 0 Å². The van der Waals surface area contributed by atoms with Gasteiger partial charge >= 0.3 is 146 Å². The van der Waals surface area contributed by atoms with E-state index in [1.54, 1.807) is 18.2 Å². The van der Waals surface area contributed by atoms with E-state index in [2.05, 4.69) is 19.7 Å². The van der Waals surface area contributed by atoms with E-state index in [1.807, 2.05) is 0 Å². The predicted octanol–water partition coefficient (Wildman–Crippen LogP) is 3.09. The van der Waals surface area contributed by atoms with Crippen molar-refractivity contribution in [2.45, 2.75) is 27.2 Å². The number of hydrogen-bond donors (Lipinski definition) is 0. The second kappa shape index (κ2) is 8.08. The molecule has 0 aromatic rings. The first-order valence-corrected chi connectivity index (χ1v) is 9.81. The summed E-state index contributed by atoms with van der Waals surface area (Å²) >= 11 is -4.81. The summed E-state index contributed by atoms with van der Waals surface area (Å²) in [5.41, 5.74) is 0.276. The maximum atomic E-state index is 12.1. The fraction of sp³-hybridized carbons (Fsp3) is 0.235. The van der Waals surface area contributed by atoms with Gasteiger partial charge in [-0.05, 0) is 0 Å². The van der Waals surface area contributed by atoms with Gasteiger partial charge in [0.05, 0.1) is 0 Å². The Balaban J connectivity index is 3.34. The Hall–Kier alpha value is -2.18. The molecule has 0 unspecified atom stereocenters. The first kappa shape index (κ1) is 19.9. The topological polar surface area (TPSA) is 78.9 Å². The van der Waals surface area contributed by atoms with Crippen LogP contribution in [0.15, 0.2) is 58.6 Å². The number of allylic oxidation sites excluding steroid dienone is 4. The van der Waals surface area contributed by atoms with Gasteiger partial charge in [-0.1, -0.05) is 0 Å². The summed E-state index contributed by atoms with van der Waals surface area (Å²) in [5, 5.41) is 0. The van der Waals surface area contributed by atoms with Crippen LogP contribution in [-0.4, -0.2) is 17.9 Å². The second-order valence-corrected chi connectivity index (χ2v) is 9.09. The van der Waals surface area contributed by atoms with Crippen LogP contribution in [0.5, 0.6) is 0 Å². The molecule has 1 aliphatic carbocycles. The third-order valence-corrected chi connectivity index (χ3v) is 6.83. The molecule has 0 atom stereocenters. The van der Waals surface area contributed by atoms with Crippen LogP contribution in [0.4, 0.5) is 0 Å². The van der Waals surface area contributed by atoms with Crippen molar-refractivity contribution in [2.75, 3.05) is 0 Å². The molecule has 0 aromatic carbocycles. The molecule has 24 heavy (non-hydrogen) atoms. The molecule has 0 fully saturated rings. The van der Waals surface area contributed by atoms with Gasteiger partial charge in [-0.15, -0.1) is 0 Å². The normalized spacial score (nSPS) is 12.9. The zero-order chi connectivity index (χ0) is 18.5. The van der Waals surface area contributed by atoms with Gasteiger partial charge in [0.15, 0.2) is 0 Å². The monoisotopic (exact) mass is 368 g/mol. The van der Waals surface area contributed by atoms with Crippen molar-refractivity contribution in [3.8, 4) is 0 Å². The van der Waals surface area contributed by atoms with E-state index in [0.717, 1.165) is 0 Å². The number of rotatable bonds is 7. The Morgan fingerprint density at radius 2 is 1.25 bits per heavy atom. The minimum absolute atomic E-state index is 0.0919. The Morgan fingerprint density at radius 1 is 0.875 bits per heavy atom. The predicted molar refractivity (Wildman–Crippen MR) is 84.6 cm³/mol. The molecule has 6 nitrogen and oxygen atoms in total. The molecular formula is C17H20O6Ti. The molecule has 0 amide bonds. The van der Waals surface area contributed by atoms with Gasteiger partial charge in [-0.2, -0.15) is 0 Å². The van der Waals surface area contributed by atoms with Crippen molar-refractivity contribution in [3.63, 3.8) is 0 Å². The van der Waals surface area contributed by atoms with Gasteiger partial charge in [0, 0.05) is 0 Å². The summed E-state index contributed by atoms with van der Waals surface area (Å²) in [6, 6.07) is 0. The molecule has 0 saturated heterocycles. The summed E-state index contributed by atoms with van der Waals surface area (Å²) in [7, 11) is 0. The molecule has 0 spiro atoms. The molecule has 7 heteroatoms. The van der Waals surface area contributed by atoms with Gasteiger partial charge in [0.1, 0.15) is 0 Å². The molecule has 0 saturated carbocycles. The SMILES string of the molecule is C=C(C)C(=O)[O][Ti]([O]C(=O)C(=C)C)([O]C(=O)C(=C)C)[C]1=CC=CC1. The van der Waals surface area contributed by atoms with Crippen LogP contribution in [-0.2, 0) is 42.1 Å². The van der Waals surface area contributed by atoms with E-state index < -0.39 is 35.7 Å². The molecule has 0 aliphatic heterocycles. The van der Waals surface area contributed by atoms with Crippen LogP contribution < -0.4 is 0 Å². The van der Waals surface area contributed by atoms with E-state index in [0.29, 0.717) is 10.3 Å². The minimum atomic E-state index is -4.81. The van der Waals surface area contributed by atoms with Gasteiger partial charge < -0.3 is 0 Å². The van der Waals surface area contributed by atoms with Crippen molar-refractivity contribution in [3.05, 3.63) is 58.6 Å². The van der Waals surface area contributed by atoms with Crippen molar-refractivity contribution in [2.24, 2.45) is 0 Å². The zero-order valence-electron chi connectivity index (χ0n) is 14.0. The first-order valence-electron chi connectivity index (χ1n) is 7.11. The van der Waals surface area contributed by atoms with Crippen molar-refractivity contribution < 1.29 is 42.1 Å². The van der Waals surface area contributed by atoms with Crippen LogP contribution in [0, 0.1) is 0 Å². The molecule has 0 bridgehead atoms. The molecule has 128 valence electrons. The molecule has 1 rings (SSSR count). The van der Waals surface area contributed by atoms with Gasteiger partial charge in [-0.3, -0.25) is 0 Å². The number of hydrogen-bond acceptors (Lipinski definition) is 6. The second-order valence-electron chi connectivity index (χ2n) is 5.39. The van der Waals surface area contributed by atoms with Crippen molar-refractivity contribution in [1.82, 2.24) is 0 Å². The summed E-state index contributed by atoms with van der Waals surface area (Å²) in [5.74, 6) is -2.40.